The van der Waals surface area contributed by atoms with Crippen LogP contribution >= 0.6 is 0 Å². The van der Waals surface area contributed by atoms with E-state index in [0.717, 1.165) is 98.8 Å². The summed E-state index contributed by atoms with van der Waals surface area (Å²) in [7, 11) is 0. The molecule has 0 amide bonds. The molecular weight excluding hydrogens is 683 g/mol. The predicted octanol–water partition coefficient (Wildman–Crippen LogP) is 15.0. The molecular formula is C53H29NO2. The third kappa shape index (κ3) is 4.45. The smallest absolute Gasteiger partial charge is 0.143 e. The van der Waals surface area contributed by atoms with Crippen molar-refractivity contribution in [1.82, 2.24) is 0 Å². The lowest BCUT2D eigenvalue weighted by atomic mass is 9.89. The van der Waals surface area contributed by atoms with Crippen molar-refractivity contribution in [2.45, 2.75) is 0 Å². The molecule has 12 rings (SSSR count). The molecule has 3 heteroatoms. The van der Waals surface area contributed by atoms with Gasteiger partial charge < -0.3 is 8.83 Å². The third-order valence-electron chi connectivity index (χ3n) is 11.6. The number of hydrogen-bond acceptors (Lipinski definition) is 3. The molecule has 12 aromatic rings. The minimum absolute atomic E-state index is 0.626. The van der Waals surface area contributed by atoms with Crippen molar-refractivity contribution < 1.29 is 8.83 Å². The summed E-state index contributed by atoms with van der Waals surface area (Å²) in [6, 6.07) is 64.3. The number of hydrogen-bond donors (Lipinski definition) is 0. The Bertz CT molecular complexity index is 3440. The van der Waals surface area contributed by atoms with Gasteiger partial charge in [0, 0.05) is 32.7 Å². The Morgan fingerprint density at radius 3 is 1.21 bits per heavy atom. The first-order valence-corrected chi connectivity index (χ1v) is 18.9. The van der Waals surface area contributed by atoms with E-state index in [2.05, 4.69) is 158 Å². The molecule has 10 aromatic carbocycles. The third-order valence-corrected chi connectivity index (χ3v) is 11.6. The van der Waals surface area contributed by atoms with Gasteiger partial charge in [-0.25, -0.2) is 0 Å². The van der Waals surface area contributed by atoms with E-state index in [0.29, 0.717) is 5.56 Å². The van der Waals surface area contributed by atoms with Crippen LogP contribution in [0.4, 0.5) is 0 Å². The molecule has 0 atom stereocenters. The zero-order valence-corrected chi connectivity index (χ0v) is 30.0. The average Bonchev–Trinajstić information content (AvgIpc) is 3.86. The number of nitrogens with zero attached hydrogens (tertiary/aromatic N) is 1. The Morgan fingerprint density at radius 1 is 0.339 bits per heavy atom. The molecule has 3 nitrogen and oxygen atoms in total. The van der Waals surface area contributed by atoms with E-state index in [1.165, 1.54) is 21.5 Å². The lowest BCUT2D eigenvalue weighted by Crippen LogP contribution is -1.89. The van der Waals surface area contributed by atoms with E-state index in [1.54, 1.807) is 0 Å². The maximum atomic E-state index is 9.64. The van der Waals surface area contributed by atoms with Crippen LogP contribution in [0.2, 0.25) is 0 Å². The highest BCUT2D eigenvalue weighted by Gasteiger charge is 2.22. The largest absolute Gasteiger partial charge is 0.455 e. The zero-order chi connectivity index (χ0) is 36.9. The van der Waals surface area contributed by atoms with Crippen molar-refractivity contribution in [3.63, 3.8) is 0 Å². The lowest BCUT2D eigenvalue weighted by Gasteiger charge is -2.14. The summed E-state index contributed by atoms with van der Waals surface area (Å²) in [4.78, 5) is 0. The van der Waals surface area contributed by atoms with Crippen LogP contribution in [0.15, 0.2) is 185 Å². The average molecular weight is 712 g/mol. The van der Waals surface area contributed by atoms with E-state index in [-0.39, 0.29) is 0 Å². The molecule has 258 valence electrons. The lowest BCUT2D eigenvalue weighted by molar-refractivity contribution is 0.670. The van der Waals surface area contributed by atoms with Crippen LogP contribution < -0.4 is 0 Å². The molecule has 0 saturated carbocycles. The second-order valence-electron chi connectivity index (χ2n) is 14.7. The number of rotatable bonds is 3. The molecule has 0 bridgehead atoms. The van der Waals surface area contributed by atoms with Gasteiger partial charge in [0.15, 0.2) is 0 Å². The molecule has 2 aromatic heterocycles. The highest BCUT2D eigenvalue weighted by atomic mass is 16.3. The fourth-order valence-electron chi connectivity index (χ4n) is 9.05. The molecule has 0 aliphatic heterocycles. The maximum Gasteiger partial charge on any atom is 0.143 e. The fraction of sp³-hybridized carbons (Fsp3) is 0. The summed E-state index contributed by atoms with van der Waals surface area (Å²) >= 11 is 0. The van der Waals surface area contributed by atoms with Gasteiger partial charge in [0.25, 0.3) is 0 Å². The molecule has 0 saturated heterocycles. The van der Waals surface area contributed by atoms with Gasteiger partial charge in [-0.2, -0.15) is 5.26 Å². The monoisotopic (exact) mass is 711 g/mol. The highest BCUT2D eigenvalue weighted by molar-refractivity contribution is 6.30. The number of furan rings is 2. The molecule has 0 spiro atoms. The Kier molecular flexibility index (Phi) is 6.41. The summed E-state index contributed by atoms with van der Waals surface area (Å²) in [5.74, 6) is 0. The van der Waals surface area contributed by atoms with Crippen molar-refractivity contribution >= 4 is 87.0 Å². The minimum atomic E-state index is 0.626. The Balaban J connectivity index is 1.21. The molecule has 56 heavy (non-hydrogen) atoms. The van der Waals surface area contributed by atoms with Crippen LogP contribution in [0.5, 0.6) is 0 Å². The minimum Gasteiger partial charge on any atom is -0.455 e. The van der Waals surface area contributed by atoms with Crippen molar-refractivity contribution in [3.05, 3.63) is 181 Å². The van der Waals surface area contributed by atoms with Gasteiger partial charge in [0.05, 0.1) is 11.6 Å². The van der Waals surface area contributed by atoms with Gasteiger partial charge >= 0.3 is 0 Å². The van der Waals surface area contributed by atoms with Crippen LogP contribution in [0.1, 0.15) is 5.56 Å². The molecule has 0 aliphatic rings. The first kappa shape index (κ1) is 30.8. The standard InChI is InChI=1S/C53H29NO2/c54-30-31-17-19-32(20-18-31)37-25-38(44-28-35-11-3-7-15-42(35)50-48-40-13-5-1-9-33(40)21-23-46(48)55-52(44)50)27-39(26-37)45-29-36-12-4-8-16-43(36)51-49-41-14-6-2-10-34(41)22-24-47(49)56-53(45)51/h1-29H. The number of benzene rings is 10. The topological polar surface area (TPSA) is 50.1 Å². The van der Waals surface area contributed by atoms with E-state index < -0.39 is 0 Å². The second-order valence-corrected chi connectivity index (χ2v) is 14.7. The van der Waals surface area contributed by atoms with Crippen LogP contribution in [0, 0.1) is 11.3 Å². The summed E-state index contributed by atoms with van der Waals surface area (Å²) in [6.07, 6.45) is 0. The summed E-state index contributed by atoms with van der Waals surface area (Å²) in [6.45, 7) is 0. The SMILES string of the molecule is N#Cc1ccc(-c2cc(-c3cc4ccccc4c4c3oc3ccc5ccccc5c34)cc(-c3cc4ccccc4c4c3oc3ccc5ccccc5c34)c2)cc1. The predicted molar refractivity (Wildman–Crippen MR) is 232 cm³/mol. The van der Waals surface area contributed by atoms with Gasteiger partial charge in [-0.05, 0) is 120 Å². The van der Waals surface area contributed by atoms with Crippen LogP contribution in [-0.2, 0) is 0 Å². The van der Waals surface area contributed by atoms with Gasteiger partial charge in [-0.15, -0.1) is 0 Å². The van der Waals surface area contributed by atoms with E-state index >= 15 is 0 Å². The van der Waals surface area contributed by atoms with Crippen molar-refractivity contribution in [2.24, 2.45) is 0 Å². The Labute approximate surface area is 320 Å². The number of nitriles is 1. The highest BCUT2D eigenvalue weighted by Crippen LogP contribution is 2.47. The first-order chi connectivity index (χ1) is 27.7. The van der Waals surface area contributed by atoms with E-state index in [4.69, 9.17) is 8.83 Å². The van der Waals surface area contributed by atoms with Crippen molar-refractivity contribution in [1.29, 1.82) is 5.26 Å². The Morgan fingerprint density at radius 2 is 0.750 bits per heavy atom. The molecule has 0 unspecified atom stereocenters. The van der Waals surface area contributed by atoms with E-state index in [9.17, 15) is 5.26 Å². The van der Waals surface area contributed by atoms with Gasteiger partial charge in [0.1, 0.15) is 22.3 Å². The van der Waals surface area contributed by atoms with Crippen molar-refractivity contribution in [2.75, 3.05) is 0 Å². The van der Waals surface area contributed by atoms with Gasteiger partial charge in [-0.3, -0.25) is 0 Å². The van der Waals surface area contributed by atoms with Crippen molar-refractivity contribution in [3.8, 4) is 39.4 Å². The molecule has 2 heterocycles. The van der Waals surface area contributed by atoms with Crippen LogP contribution in [0.25, 0.3) is 120 Å². The normalized spacial score (nSPS) is 11.9. The summed E-state index contributed by atoms with van der Waals surface area (Å²) < 4.78 is 13.9. The zero-order valence-electron chi connectivity index (χ0n) is 30.0. The Hall–Kier alpha value is -7.67. The molecule has 0 aliphatic carbocycles. The number of fused-ring (bicyclic) bond motifs is 14. The maximum absolute atomic E-state index is 9.64. The van der Waals surface area contributed by atoms with Crippen LogP contribution in [-0.4, -0.2) is 0 Å². The molecule has 0 radical (unpaired) electrons. The fourth-order valence-corrected chi connectivity index (χ4v) is 9.05. The van der Waals surface area contributed by atoms with E-state index in [1.807, 2.05) is 24.3 Å². The van der Waals surface area contributed by atoms with Crippen LogP contribution in [0.3, 0.4) is 0 Å². The second kappa shape index (κ2) is 11.7. The quantitative estimate of drug-likeness (QED) is 0.183. The molecule has 0 N–H and O–H groups in total. The van der Waals surface area contributed by atoms with Gasteiger partial charge in [-0.1, -0.05) is 121 Å². The first-order valence-electron chi connectivity index (χ1n) is 18.9. The summed E-state index contributed by atoms with van der Waals surface area (Å²) in [5, 5.41) is 23.5. The molecule has 0 fully saturated rings. The van der Waals surface area contributed by atoms with Gasteiger partial charge in [0.2, 0.25) is 0 Å². The summed E-state index contributed by atoms with van der Waals surface area (Å²) in [5.41, 5.74) is 10.2.